The van der Waals surface area contributed by atoms with Crippen LogP contribution < -0.4 is 5.32 Å². The molecular weight excluding hydrogens is 210 g/mol. The molecule has 0 amide bonds. The third kappa shape index (κ3) is 3.32. The van der Waals surface area contributed by atoms with Crippen LogP contribution in [0.5, 0.6) is 0 Å². The number of nitrogens with one attached hydrogen (secondary N) is 1. The van der Waals surface area contributed by atoms with Gasteiger partial charge in [0.15, 0.2) is 0 Å². The first-order chi connectivity index (χ1) is 8.01. The van der Waals surface area contributed by atoms with Gasteiger partial charge in [-0.2, -0.15) is 5.10 Å². The molecule has 1 N–H and O–H groups in total. The minimum atomic E-state index is 0.419. The van der Waals surface area contributed by atoms with E-state index in [1.165, 1.54) is 24.1 Å². The van der Waals surface area contributed by atoms with Crippen molar-refractivity contribution in [2.24, 2.45) is 0 Å². The van der Waals surface area contributed by atoms with Crippen LogP contribution in [0.3, 0.4) is 0 Å². The van der Waals surface area contributed by atoms with Gasteiger partial charge in [-0.15, -0.1) is 0 Å². The number of aromatic nitrogens is 2. The number of rotatable bonds is 6. The first-order valence-electron chi connectivity index (χ1n) is 6.76. The minimum Gasteiger partial charge on any atom is -0.312 e. The Morgan fingerprint density at radius 3 is 2.18 bits per heavy atom. The zero-order valence-corrected chi connectivity index (χ0v) is 12.2. The van der Waals surface area contributed by atoms with Gasteiger partial charge in [0.25, 0.3) is 0 Å². The summed E-state index contributed by atoms with van der Waals surface area (Å²) in [6.45, 7) is 14.1. The quantitative estimate of drug-likeness (QED) is 0.823. The van der Waals surface area contributed by atoms with Gasteiger partial charge in [0.2, 0.25) is 0 Å². The van der Waals surface area contributed by atoms with E-state index in [1.807, 2.05) is 0 Å². The van der Waals surface area contributed by atoms with E-state index in [0.717, 1.165) is 12.2 Å². The lowest BCUT2D eigenvalue weighted by molar-refractivity contribution is 0.396. The topological polar surface area (TPSA) is 29.9 Å². The van der Waals surface area contributed by atoms with Gasteiger partial charge in [-0.1, -0.05) is 13.8 Å². The molecule has 1 rings (SSSR count). The highest BCUT2D eigenvalue weighted by Gasteiger charge is 2.13. The van der Waals surface area contributed by atoms with E-state index < -0.39 is 0 Å². The van der Waals surface area contributed by atoms with Crippen molar-refractivity contribution in [3.05, 3.63) is 17.0 Å². The van der Waals surface area contributed by atoms with Crippen molar-refractivity contribution in [3.8, 4) is 0 Å². The summed E-state index contributed by atoms with van der Waals surface area (Å²) >= 11 is 0. The van der Waals surface area contributed by atoms with E-state index in [1.54, 1.807) is 0 Å². The molecular formula is C14H27N3. The zero-order valence-electron chi connectivity index (χ0n) is 12.2. The molecule has 0 spiro atoms. The molecule has 0 saturated carbocycles. The number of nitrogens with zero attached hydrogens (tertiary/aromatic N) is 2. The van der Waals surface area contributed by atoms with Crippen molar-refractivity contribution in [2.45, 2.75) is 66.5 Å². The molecule has 0 bridgehead atoms. The lowest BCUT2D eigenvalue weighted by Crippen LogP contribution is -2.33. The van der Waals surface area contributed by atoms with E-state index in [4.69, 9.17) is 0 Å². The third-order valence-corrected chi connectivity index (χ3v) is 3.79. The fraction of sp³-hybridized carbons (Fsp3) is 0.786. The van der Waals surface area contributed by atoms with Gasteiger partial charge < -0.3 is 5.32 Å². The summed E-state index contributed by atoms with van der Waals surface area (Å²) < 4.78 is 2.15. The SMILES string of the molecule is CCC(CC)NCC(C)n1nc(C)c(C)c1C. The maximum absolute atomic E-state index is 4.62. The maximum Gasteiger partial charge on any atom is 0.0625 e. The molecule has 3 nitrogen and oxygen atoms in total. The Bertz CT molecular complexity index is 351. The molecule has 0 fully saturated rings. The minimum absolute atomic E-state index is 0.419. The van der Waals surface area contributed by atoms with Crippen molar-refractivity contribution >= 4 is 0 Å². The highest BCUT2D eigenvalue weighted by Crippen LogP contribution is 2.15. The Kier molecular flexibility index (Phi) is 5.19. The first kappa shape index (κ1) is 14.2. The van der Waals surface area contributed by atoms with E-state index in [2.05, 4.69) is 56.6 Å². The number of hydrogen-bond acceptors (Lipinski definition) is 2. The van der Waals surface area contributed by atoms with Crippen LogP contribution in [0.2, 0.25) is 0 Å². The van der Waals surface area contributed by atoms with Crippen molar-refractivity contribution in [1.29, 1.82) is 0 Å². The van der Waals surface area contributed by atoms with Gasteiger partial charge >= 0.3 is 0 Å². The Balaban J connectivity index is 2.63. The first-order valence-corrected chi connectivity index (χ1v) is 6.76. The second kappa shape index (κ2) is 6.20. The highest BCUT2D eigenvalue weighted by molar-refractivity contribution is 5.22. The molecule has 98 valence electrons. The molecule has 0 saturated heterocycles. The van der Waals surface area contributed by atoms with Crippen molar-refractivity contribution in [1.82, 2.24) is 15.1 Å². The van der Waals surface area contributed by atoms with Gasteiger partial charge in [-0.25, -0.2) is 0 Å². The van der Waals surface area contributed by atoms with Crippen LogP contribution >= 0.6 is 0 Å². The average molecular weight is 237 g/mol. The molecule has 0 aromatic carbocycles. The van der Waals surface area contributed by atoms with Crippen LogP contribution in [0, 0.1) is 20.8 Å². The molecule has 17 heavy (non-hydrogen) atoms. The van der Waals surface area contributed by atoms with Crippen molar-refractivity contribution in [2.75, 3.05) is 6.54 Å². The van der Waals surface area contributed by atoms with Gasteiger partial charge in [-0.05, 0) is 46.1 Å². The standard InChI is InChI=1S/C14H27N3/c1-7-14(8-2)15-9-10(3)17-13(6)11(4)12(5)16-17/h10,14-15H,7-9H2,1-6H3. The highest BCUT2D eigenvalue weighted by atomic mass is 15.3. The summed E-state index contributed by atoms with van der Waals surface area (Å²) in [4.78, 5) is 0. The van der Waals surface area contributed by atoms with E-state index in [0.29, 0.717) is 12.1 Å². The Morgan fingerprint density at radius 2 is 1.76 bits per heavy atom. The Morgan fingerprint density at radius 1 is 1.18 bits per heavy atom. The molecule has 3 heteroatoms. The summed E-state index contributed by atoms with van der Waals surface area (Å²) in [5.74, 6) is 0. The lowest BCUT2D eigenvalue weighted by atomic mass is 10.1. The van der Waals surface area contributed by atoms with E-state index >= 15 is 0 Å². The third-order valence-electron chi connectivity index (χ3n) is 3.79. The van der Waals surface area contributed by atoms with Crippen LogP contribution in [-0.4, -0.2) is 22.4 Å². The van der Waals surface area contributed by atoms with E-state index in [-0.39, 0.29) is 0 Å². The van der Waals surface area contributed by atoms with Crippen molar-refractivity contribution < 1.29 is 0 Å². The maximum atomic E-state index is 4.62. The zero-order chi connectivity index (χ0) is 13.0. The second-order valence-electron chi connectivity index (χ2n) is 5.01. The van der Waals surface area contributed by atoms with Gasteiger partial charge in [0.05, 0.1) is 11.7 Å². The summed E-state index contributed by atoms with van der Waals surface area (Å²) in [5.41, 5.74) is 3.76. The number of aryl methyl sites for hydroxylation is 1. The molecule has 0 aliphatic rings. The monoisotopic (exact) mass is 237 g/mol. The Hall–Kier alpha value is -0.830. The van der Waals surface area contributed by atoms with Gasteiger partial charge in [0, 0.05) is 18.3 Å². The predicted octanol–water partition coefficient (Wildman–Crippen LogP) is 3.15. The van der Waals surface area contributed by atoms with Crippen LogP contribution in [0.4, 0.5) is 0 Å². The molecule has 0 aliphatic heterocycles. The smallest absolute Gasteiger partial charge is 0.0625 e. The summed E-state index contributed by atoms with van der Waals surface area (Å²) in [6, 6.07) is 1.05. The molecule has 1 aromatic heterocycles. The van der Waals surface area contributed by atoms with E-state index in [9.17, 15) is 0 Å². The second-order valence-corrected chi connectivity index (χ2v) is 5.01. The van der Waals surface area contributed by atoms with Crippen LogP contribution in [0.1, 0.15) is 56.6 Å². The fourth-order valence-corrected chi connectivity index (χ4v) is 2.18. The van der Waals surface area contributed by atoms with Crippen LogP contribution in [0.15, 0.2) is 0 Å². The summed E-state index contributed by atoms with van der Waals surface area (Å²) in [6.07, 6.45) is 2.39. The largest absolute Gasteiger partial charge is 0.312 e. The summed E-state index contributed by atoms with van der Waals surface area (Å²) in [7, 11) is 0. The molecule has 0 radical (unpaired) electrons. The Labute approximate surface area is 106 Å². The average Bonchev–Trinajstić information content (AvgIpc) is 2.58. The molecule has 1 aromatic rings. The molecule has 1 heterocycles. The number of hydrogen-bond donors (Lipinski definition) is 1. The molecule has 1 unspecified atom stereocenters. The van der Waals surface area contributed by atoms with Crippen molar-refractivity contribution in [3.63, 3.8) is 0 Å². The van der Waals surface area contributed by atoms with Crippen LogP contribution in [0.25, 0.3) is 0 Å². The molecule has 1 atom stereocenters. The van der Waals surface area contributed by atoms with Crippen LogP contribution in [-0.2, 0) is 0 Å². The predicted molar refractivity (Wildman–Crippen MR) is 73.5 cm³/mol. The molecule has 0 aliphatic carbocycles. The van der Waals surface area contributed by atoms with Gasteiger partial charge in [-0.3, -0.25) is 4.68 Å². The summed E-state index contributed by atoms with van der Waals surface area (Å²) in [5, 5.41) is 8.23. The normalized spacial score (nSPS) is 13.4. The fourth-order valence-electron chi connectivity index (χ4n) is 2.18. The van der Waals surface area contributed by atoms with Gasteiger partial charge in [0.1, 0.15) is 0 Å². The lowest BCUT2D eigenvalue weighted by Gasteiger charge is -2.20.